The largest absolute Gasteiger partial charge is 0.492 e. The first-order chi connectivity index (χ1) is 11.7. The first-order valence-corrected chi connectivity index (χ1v) is 7.57. The van der Waals surface area contributed by atoms with Crippen LogP contribution < -0.4 is 9.64 Å². The van der Waals surface area contributed by atoms with E-state index in [1.807, 2.05) is 42.3 Å². The van der Waals surface area contributed by atoms with E-state index in [1.165, 1.54) is 12.3 Å². The Morgan fingerprint density at radius 3 is 2.67 bits per heavy atom. The molecule has 2 aromatic carbocycles. The van der Waals surface area contributed by atoms with Crippen LogP contribution in [-0.2, 0) is 0 Å². The SMILES string of the molecule is CN(CCOc1ccccc1)c1ccc([N+](=O)[O-])c2cnccc12. The molecule has 1 aromatic heterocycles. The number of benzene rings is 2. The van der Waals surface area contributed by atoms with E-state index in [0.29, 0.717) is 18.5 Å². The van der Waals surface area contributed by atoms with E-state index in [2.05, 4.69) is 4.98 Å². The number of nitro groups is 1. The summed E-state index contributed by atoms with van der Waals surface area (Å²) in [5.74, 6) is 0.823. The fraction of sp³-hybridized carbons (Fsp3) is 0.167. The predicted octanol–water partition coefficient (Wildman–Crippen LogP) is 3.66. The molecule has 0 radical (unpaired) electrons. The molecular weight excluding hydrogens is 306 g/mol. The summed E-state index contributed by atoms with van der Waals surface area (Å²) in [6.07, 6.45) is 3.18. The molecular formula is C18H17N3O3. The number of likely N-dealkylation sites (N-methyl/N-ethyl adjacent to an activating group) is 1. The zero-order valence-corrected chi connectivity index (χ0v) is 13.3. The van der Waals surface area contributed by atoms with E-state index in [0.717, 1.165) is 16.8 Å². The standard InChI is InChI=1S/C18H17N3O3/c1-20(11-12-24-14-5-3-2-4-6-14)17-7-8-18(21(22)23)16-13-19-10-9-15(16)17/h2-10,13H,11-12H2,1H3. The molecule has 0 unspecified atom stereocenters. The lowest BCUT2D eigenvalue weighted by atomic mass is 10.1. The van der Waals surface area contributed by atoms with Crippen molar-refractivity contribution in [3.8, 4) is 5.75 Å². The lowest BCUT2D eigenvalue weighted by Gasteiger charge is -2.21. The average Bonchev–Trinajstić information content (AvgIpc) is 2.61. The lowest BCUT2D eigenvalue weighted by molar-refractivity contribution is -0.383. The van der Waals surface area contributed by atoms with Gasteiger partial charge in [0, 0.05) is 36.6 Å². The highest BCUT2D eigenvalue weighted by Crippen LogP contribution is 2.32. The van der Waals surface area contributed by atoms with Gasteiger partial charge in [0.2, 0.25) is 0 Å². The highest BCUT2D eigenvalue weighted by molar-refractivity contribution is 5.99. The molecule has 0 saturated carbocycles. The third-order valence-electron chi connectivity index (χ3n) is 3.82. The Bertz CT molecular complexity index is 853. The van der Waals surface area contributed by atoms with Gasteiger partial charge in [-0.3, -0.25) is 15.1 Å². The van der Waals surface area contributed by atoms with Gasteiger partial charge in [0.1, 0.15) is 12.4 Å². The summed E-state index contributed by atoms with van der Waals surface area (Å²) in [7, 11) is 1.94. The summed E-state index contributed by atoms with van der Waals surface area (Å²) in [5.41, 5.74) is 0.977. The Kier molecular flexibility index (Phi) is 4.56. The number of hydrogen-bond acceptors (Lipinski definition) is 5. The molecule has 0 amide bonds. The molecule has 0 aliphatic rings. The molecule has 6 heteroatoms. The zero-order chi connectivity index (χ0) is 16.9. The van der Waals surface area contributed by atoms with Crippen molar-refractivity contribution in [1.82, 2.24) is 4.98 Å². The van der Waals surface area contributed by atoms with Crippen molar-refractivity contribution in [2.24, 2.45) is 0 Å². The normalized spacial score (nSPS) is 10.5. The van der Waals surface area contributed by atoms with Gasteiger partial charge >= 0.3 is 0 Å². The Balaban J connectivity index is 1.79. The van der Waals surface area contributed by atoms with Gasteiger partial charge in [0.05, 0.1) is 16.9 Å². The summed E-state index contributed by atoms with van der Waals surface area (Å²) >= 11 is 0. The number of pyridine rings is 1. The van der Waals surface area contributed by atoms with Gasteiger partial charge in [-0.15, -0.1) is 0 Å². The van der Waals surface area contributed by atoms with E-state index in [-0.39, 0.29) is 10.6 Å². The number of nitro benzene ring substituents is 1. The Labute approximate surface area is 139 Å². The summed E-state index contributed by atoms with van der Waals surface area (Å²) in [4.78, 5) is 16.8. The second-order valence-electron chi connectivity index (χ2n) is 5.37. The number of hydrogen-bond donors (Lipinski definition) is 0. The van der Waals surface area contributed by atoms with E-state index in [1.54, 1.807) is 18.3 Å². The number of nitrogens with zero attached hydrogens (tertiary/aromatic N) is 3. The second-order valence-corrected chi connectivity index (χ2v) is 5.37. The maximum absolute atomic E-state index is 11.2. The third kappa shape index (κ3) is 3.27. The third-order valence-corrected chi connectivity index (χ3v) is 3.82. The van der Waals surface area contributed by atoms with Crippen LogP contribution in [0.3, 0.4) is 0 Å². The van der Waals surface area contributed by atoms with Gasteiger partial charge < -0.3 is 9.64 Å². The number of ether oxygens (including phenoxy) is 1. The molecule has 0 atom stereocenters. The monoisotopic (exact) mass is 323 g/mol. The number of non-ortho nitro benzene ring substituents is 1. The van der Waals surface area contributed by atoms with Crippen molar-refractivity contribution < 1.29 is 9.66 Å². The molecule has 6 nitrogen and oxygen atoms in total. The second kappa shape index (κ2) is 6.95. The molecule has 3 aromatic rings. The number of para-hydroxylation sites is 1. The van der Waals surface area contributed by atoms with Crippen LogP contribution in [0.25, 0.3) is 10.8 Å². The molecule has 0 fully saturated rings. The van der Waals surface area contributed by atoms with E-state index < -0.39 is 0 Å². The maximum Gasteiger partial charge on any atom is 0.278 e. The smallest absolute Gasteiger partial charge is 0.278 e. The van der Waals surface area contributed by atoms with Crippen molar-refractivity contribution >= 4 is 22.1 Å². The Hall–Kier alpha value is -3.15. The van der Waals surface area contributed by atoms with Crippen molar-refractivity contribution in [3.63, 3.8) is 0 Å². The minimum absolute atomic E-state index is 0.0655. The predicted molar refractivity (Wildman–Crippen MR) is 93.6 cm³/mol. The number of anilines is 1. The minimum atomic E-state index is -0.383. The average molecular weight is 323 g/mol. The van der Waals surface area contributed by atoms with Gasteiger partial charge in [-0.1, -0.05) is 18.2 Å². The molecule has 0 saturated heterocycles. The van der Waals surface area contributed by atoms with Gasteiger partial charge in [-0.05, 0) is 24.3 Å². The van der Waals surface area contributed by atoms with Gasteiger partial charge in [-0.25, -0.2) is 0 Å². The minimum Gasteiger partial charge on any atom is -0.492 e. The van der Waals surface area contributed by atoms with Gasteiger partial charge in [0.15, 0.2) is 0 Å². The summed E-state index contributed by atoms with van der Waals surface area (Å²) in [6.45, 7) is 1.17. The van der Waals surface area contributed by atoms with Crippen molar-refractivity contribution in [1.29, 1.82) is 0 Å². The Morgan fingerprint density at radius 1 is 1.12 bits per heavy atom. The van der Waals surface area contributed by atoms with E-state index in [4.69, 9.17) is 4.74 Å². The van der Waals surface area contributed by atoms with Crippen LogP contribution in [0.1, 0.15) is 0 Å². The van der Waals surface area contributed by atoms with Crippen molar-refractivity contribution in [2.45, 2.75) is 0 Å². The molecule has 122 valence electrons. The topological polar surface area (TPSA) is 68.5 Å². The fourth-order valence-corrected chi connectivity index (χ4v) is 2.59. The molecule has 3 rings (SSSR count). The fourth-order valence-electron chi connectivity index (χ4n) is 2.59. The molecule has 1 heterocycles. The van der Waals surface area contributed by atoms with Crippen molar-refractivity contribution in [2.75, 3.05) is 25.1 Å². The Morgan fingerprint density at radius 2 is 1.92 bits per heavy atom. The molecule has 0 N–H and O–H groups in total. The first kappa shape index (κ1) is 15.7. The molecule has 0 bridgehead atoms. The van der Waals surface area contributed by atoms with Crippen LogP contribution >= 0.6 is 0 Å². The van der Waals surface area contributed by atoms with Crippen molar-refractivity contribution in [3.05, 3.63) is 71.0 Å². The highest BCUT2D eigenvalue weighted by atomic mass is 16.6. The molecule has 24 heavy (non-hydrogen) atoms. The van der Waals surface area contributed by atoms with E-state index in [9.17, 15) is 10.1 Å². The lowest BCUT2D eigenvalue weighted by Crippen LogP contribution is -2.24. The summed E-state index contributed by atoms with van der Waals surface area (Å²) < 4.78 is 5.71. The molecule has 0 aliphatic carbocycles. The van der Waals surface area contributed by atoms with Crippen LogP contribution in [0.2, 0.25) is 0 Å². The number of aromatic nitrogens is 1. The zero-order valence-electron chi connectivity index (χ0n) is 13.3. The quantitative estimate of drug-likeness (QED) is 0.511. The van der Waals surface area contributed by atoms with Crippen LogP contribution in [-0.4, -0.2) is 30.1 Å². The van der Waals surface area contributed by atoms with Crippen LogP contribution in [0.5, 0.6) is 5.75 Å². The highest BCUT2D eigenvalue weighted by Gasteiger charge is 2.16. The van der Waals surface area contributed by atoms with Gasteiger partial charge in [0.25, 0.3) is 5.69 Å². The summed E-state index contributed by atoms with van der Waals surface area (Å²) in [6, 6.07) is 14.7. The van der Waals surface area contributed by atoms with Crippen LogP contribution in [0.4, 0.5) is 11.4 Å². The van der Waals surface area contributed by atoms with Gasteiger partial charge in [-0.2, -0.15) is 0 Å². The van der Waals surface area contributed by atoms with Crippen LogP contribution in [0.15, 0.2) is 60.9 Å². The number of fused-ring (bicyclic) bond motifs is 1. The molecule has 0 spiro atoms. The molecule has 0 aliphatic heterocycles. The number of rotatable bonds is 6. The van der Waals surface area contributed by atoms with Crippen LogP contribution in [0, 0.1) is 10.1 Å². The van der Waals surface area contributed by atoms with E-state index >= 15 is 0 Å². The summed E-state index contributed by atoms with van der Waals surface area (Å²) in [5, 5.41) is 12.5. The first-order valence-electron chi connectivity index (χ1n) is 7.57. The maximum atomic E-state index is 11.2.